The Balaban J connectivity index is 0.00000300. The molecule has 0 atom stereocenters. The molecule has 1 aromatic heterocycles. The van der Waals surface area contributed by atoms with E-state index in [1.54, 1.807) is 12.1 Å². The van der Waals surface area contributed by atoms with Gasteiger partial charge in [0.1, 0.15) is 18.9 Å². The van der Waals surface area contributed by atoms with Crippen LogP contribution in [0.5, 0.6) is 5.75 Å². The fourth-order valence-corrected chi connectivity index (χ4v) is 2.60. The van der Waals surface area contributed by atoms with E-state index >= 15 is 0 Å². The summed E-state index contributed by atoms with van der Waals surface area (Å²) in [4.78, 5) is 8.84. The second kappa shape index (κ2) is 12.3. The Morgan fingerprint density at radius 3 is 2.72 bits per heavy atom. The largest absolute Gasteiger partial charge is 0.492 e. The number of guanidine groups is 1. The van der Waals surface area contributed by atoms with Crippen molar-refractivity contribution in [1.82, 2.24) is 20.8 Å². The predicted octanol–water partition coefficient (Wildman–Crippen LogP) is 4.14. The molecule has 9 heteroatoms. The lowest BCUT2D eigenvalue weighted by atomic mass is 10.2. The second-order valence-electron chi connectivity index (χ2n) is 5.81. The van der Waals surface area contributed by atoms with Crippen molar-refractivity contribution in [2.24, 2.45) is 4.99 Å². The molecule has 0 spiro atoms. The monoisotopic (exact) mass is 527 g/mol. The molecule has 0 saturated carbocycles. The Morgan fingerprint density at radius 1 is 1.14 bits per heavy atom. The van der Waals surface area contributed by atoms with Crippen LogP contribution in [0.4, 0.5) is 0 Å². The maximum atomic E-state index is 6.00. The van der Waals surface area contributed by atoms with Gasteiger partial charge in [-0.15, -0.1) is 24.0 Å². The third-order valence-corrected chi connectivity index (χ3v) is 3.91. The van der Waals surface area contributed by atoms with Crippen molar-refractivity contribution in [2.45, 2.75) is 13.5 Å². The maximum Gasteiger partial charge on any atom is 0.248 e. The first-order chi connectivity index (χ1) is 13.7. The molecule has 29 heavy (non-hydrogen) atoms. The van der Waals surface area contributed by atoms with Crippen molar-refractivity contribution < 1.29 is 9.26 Å². The van der Waals surface area contributed by atoms with Crippen LogP contribution in [0.1, 0.15) is 12.8 Å². The van der Waals surface area contributed by atoms with Gasteiger partial charge in [0.15, 0.2) is 5.96 Å². The quantitative estimate of drug-likeness (QED) is 0.198. The van der Waals surface area contributed by atoms with E-state index < -0.39 is 0 Å². The van der Waals surface area contributed by atoms with Gasteiger partial charge in [0.05, 0.1) is 6.54 Å². The van der Waals surface area contributed by atoms with Crippen molar-refractivity contribution in [2.75, 3.05) is 19.7 Å². The van der Waals surface area contributed by atoms with Gasteiger partial charge in [0.25, 0.3) is 0 Å². The normalized spacial score (nSPS) is 10.9. The molecule has 0 fully saturated rings. The van der Waals surface area contributed by atoms with E-state index in [0.717, 1.165) is 17.9 Å². The minimum absolute atomic E-state index is 0. The third kappa shape index (κ3) is 7.54. The number of para-hydroxylation sites is 1. The number of hydrogen-bond acceptors (Lipinski definition) is 5. The summed E-state index contributed by atoms with van der Waals surface area (Å²) in [5.74, 6) is 2.40. The zero-order valence-corrected chi connectivity index (χ0v) is 19.1. The van der Waals surface area contributed by atoms with Crippen LogP contribution in [0, 0.1) is 0 Å². The molecule has 7 nitrogen and oxygen atoms in total. The molecule has 2 N–H and O–H groups in total. The number of hydrogen-bond donors (Lipinski definition) is 2. The first-order valence-electron chi connectivity index (χ1n) is 9.03. The highest BCUT2D eigenvalue weighted by Crippen LogP contribution is 2.20. The first-order valence-corrected chi connectivity index (χ1v) is 9.41. The number of benzene rings is 2. The summed E-state index contributed by atoms with van der Waals surface area (Å²) >= 11 is 6.00. The van der Waals surface area contributed by atoms with Crippen LogP contribution in [-0.4, -0.2) is 35.8 Å². The summed E-state index contributed by atoms with van der Waals surface area (Å²) < 4.78 is 10.9. The van der Waals surface area contributed by atoms with E-state index in [0.29, 0.717) is 35.8 Å². The van der Waals surface area contributed by atoms with Crippen LogP contribution in [0.15, 0.2) is 64.1 Å². The van der Waals surface area contributed by atoms with Crippen LogP contribution in [0.2, 0.25) is 5.02 Å². The van der Waals surface area contributed by atoms with Gasteiger partial charge in [-0.1, -0.05) is 47.1 Å². The van der Waals surface area contributed by atoms with Gasteiger partial charge < -0.3 is 19.9 Å². The number of nitrogens with one attached hydrogen (secondary N) is 2. The molecular formula is C20H23ClIN5O2. The summed E-state index contributed by atoms with van der Waals surface area (Å²) in [7, 11) is 0. The van der Waals surface area contributed by atoms with Crippen molar-refractivity contribution >= 4 is 41.5 Å². The Hall–Kier alpha value is -2.33. The molecule has 3 rings (SSSR count). The standard InChI is InChI=1S/C20H22ClN5O2.HI/c1-2-22-20(23-11-12-27-17-9-4-3-5-10-17)24-14-18-25-19(26-28-18)15-7-6-8-16(21)13-15;/h3-10,13H,2,11-12,14H2,1H3,(H2,22,23,24);1H. The van der Waals surface area contributed by atoms with E-state index in [2.05, 4.69) is 25.8 Å². The Labute approximate surface area is 191 Å². The third-order valence-electron chi connectivity index (χ3n) is 3.67. The number of nitrogens with zero attached hydrogens (tertiary/aromatic N) is 3. The average Bonchev–Trinajstić information content (AvgIpc) is 3.19. The van der Waals surface area contributed by atoms with E-state index in [1.807, 2.05) is 49.4 Å². The molecule has 0 aliphatic rings. The van der Waals surface area contributed by atoms with Crippen LogP contribution in [0.25, 0.3) is 11.4 Å². The molecule has 2 aromatic carbocycles. The van der Waals surface area contributed by atoms with E-state index in [4.69, 9.17) is 20.9 Å². The lowest BCUT2D eigenvalue weighted by Gasteiger charge is -2.11. The highest BCUT2D eigenvalue weighted by atomic mass is 127. The van der Waals surface area contributed by atoms with Crippen LogP contribution in [-0.2, 0) is 6.54 Å². The zero-order valence-electron chi connectivity index (χ0n) is 16.0. The van der Waals surface area contributed by atoms with Crippen molar-refractivity contribution in [3.8, 4) is 17.1 Å². The van der Waals surface area contributed by atoms with Gasteiger partial charge in [-0.25, -0.2) is 4.99 Å². The molecule has 0 radical (unpaired) electrons. The maximum absolute atomic E-state index is 6.00. The SMILES string of the molecule is CCNC(=NCc1nc(-c2cccc(Cl)c2)no1)NCCOc1ccccc1.I. The average molecular weight is 528 g/mol. The lowest BCUT2D eigenvalue weighted by Crippen LogP contribution is -2.39. The van der Waals surface area contributed by atoms with Gasteiger partial charge in [-0.3, -0.25) is 0 Å². The second-order valence-corrected chi connectivity index (χ2v) is 6.24. The molecular weight excluding hydrogens is 505 g/mol. The molecule has 0 amide bonds. The number of ether oxygens (including phenoxy) is 1. The summed E-state index contributed by atoms with van der Waals surface area (Å²) in [6.45, 7) is 4.14. The zero-order chi connectivity index (χ0) is 19.6. The highest BCUT2D eigenvalue weighted by Gasteiger charge is 2.09. The summed E-state index contributed by atoms with van der Waals surface area (Å²) in [6, 6.07) is 17.0. The number of aliphatic imine (C=N–C) groups is 1. The fourth-order valence-electron chi connectivity index (χ4n) is 2.41. The Kier molecular flexibility index (Phi) is 9.72. The Bertz CT molecular complexity index is 905. The molecule has 0 aliphatic carbocycles. The number of aromatic nitrogens is 2. The van der Waals surface area contributed by atoms with Crippen molar-refractivity contribution in [1.29, 1.82) is 0 Å². The van der Waals surface area contributed by atoms with Crippen LogP contribution in [0.3, 0.4) is 0 Å². The van der Waals surface area contributed by atoms with Gasteiger partial charge in [-0.2, -0.15) is 4.98 Å². The van der Waals surface area contributed by atoms with Gasteiger partial charge in [-0.05, 0) is 31.2 Å². The van der Waals surface area contributed by atoms with Crippen molar-refractivity contribution in [3.63, 3.8) is 0 Å². The lowest BCUT2D eigenvalue weighted by molar-refractivity contribution is 0.322. The predicted molar refractivity (Wildman–Crippen MR) is 125 cm³/mol. The van der Waals surface area contributed by atoms with E-state index in [1.165, 1.54) is 0 Å². The minimum Gasteiger partial charge on any atom is -0.492 e. The topological polar surface area (TPSA) is 84.6 Å². The highest BCUT2D eigenvalue weighted by molar-refractivity contribution is 14.0. The van der Waals surface area contributed by atoms with Gasteiger partial charge in [0, 0.05) is 17.1 Å². The Morgan fingerprint density at radius 2 is 1.97 bits per heavy atom. The molecule has 0 bridgehead atoms. The van der Waals surface area contributed by atoms with Crippen LogP contribution >= 0.6 is 35.6 Å². The molecule has 0 unspecified atom stereocenters. The van der Waals surface area contributed by atoms with E-state index in [9.17, 15) is 0 Å². The van der Waals surface area contributed by atoms with Crippen LogP contribution < -0.4 is 15.4 Å². The summed E-state index contributed by atoms with van der Waals surface area (Å²) in [5, 5.41) is 11.0. The van der Waals surface area contributed by atoms with E-state index in [-0.39, 0.29) is 30.5 Å². The number of halogens is 2. The molecule has 0 saturated heterocycles. The molecule has 0 aliphatic heterocycles. The molecule has 1 heterocycles. The fraction of sp³-hybridized carbons (Fsp3) is 0.250. The van der Waals surface area contributed by atoms with Crippen molar-refractivity contribution in [3.05, 3.63) is 65.5 Å². The number of rotatable bonds is 8. The smallest absolute Gasteiger partial charge is 0.248 e. The molecule has 154 valence electrons. The summed E-state index contributed by atoms with van der Waals surface area (Å²) in [6.07, 6.45) is 0. The first kappa shape index (κ1) is 23.0. The van der Waals surface area contributed by atoms with Gasteiger partial charge >= 0.3 is 0 Å². The minimum atomic E-state index is 0. The van der Waals surface area contributed by atoms with Gasteiger partial charge in [0.2, 0.25) is 11.7 Å². The summed E-state index contributed by atoms with van der Waals surface area (Å²) in [5.41, 5.74) is 0.801. The molecule has 3 aromatic rings.